The van der Waals surface area contributed by atoms with Crippen molar-refractivity contribution >= 4 is 22.4 Å². The van der Waals surface area contributed by atoms with Gasteiger partial charge in [0.1, 0.15) is 11.5 Å². The van der Waals surface area contributed by atoms with Crippen LogP contribution in [0.25, 0.3) is 11.3 Å². The second-order valence-corrected chi connectivity index (χ2v) is 7.01. The van der Waals surface area contributed by atoms with Gasteiger partial charge in [-0.15, -0.1) is 11.3 Å². The summed E-state index contributed by atoms with van der Waals surface area (Å²) < 4.78 is 10.8. The second kappa shape index (κ2) is 7.58. The fourth-order valence-corrected chi connectivity index (χ4v) is 3.40. The molecule has 0 fully saturated rings. The Kier molecular flexibility index (Phi) is 5.23. The molecule has 1 heterocycles. The van der Waals surface area contributed by atoms with Gasteiger partial charge in [-0.2, -0.15) is 0 Å². The summed E-state index contributed by atoms with van der Waals surface area (Å²) in [5.41, 5.74) is 3.31. The van der Waals surface area contributed by atoms with Crippen molar-refractivity contribution in [2.75, 3.05) is 19.5 Å². The Bertz CT molecular complexity index is 933. The molecule has 3 aromatic rings. The molecule has 1 N–H and O–H groups in total. The van der Waals surface area contributed by atoms with E-state index in [1.807, 2.05) is 44.2 Å². The zero-order valence-corrected chi connectivity index (χ0v) is 15.9. The van der Waals surface area contributed by atoms with Gasteiger partial charge in [0.05, 0.1) is 19.9 Å². The molecule has 0 atom stereocenters. The molecule has 0 radical (unpaired) electrons. The number of aryl methyl sites for hydroxylation is 2. The number of thiazole rings is 1. The number of carbonyl (C=O) groups is 1. The van der Waals surface area contributed by atoms with Gasteiger partial charge in [-0.05, 0) is 44.2 Å². The number of nitrogens with one attached hydrogen (secondary N) is 1. The van der Waals surface area contributed by atoms with E-state index in [9.17, 15) is 4.79 Å². The summed E-state index contributed by atoms with van der Waals surface area (Å²) in [6.07, 6.45) is 0. The Labute approximate surface area is 156 Å². The third-order valence-corrected chi connectivity index (χ3v) is 4.88. The highest BCUT2D eigenvalue weighted by Crippen LogP contribution is 2.38. The van der Waals surface area contributed by atoms with Crippen LogP contribution in [0.4, 0.5) is 5.13 Å². The van der Waals surface area contributed by atoms with E-state index in [0.717, 1.165) is 27.4 Å². The average Bonchev–Trinajstić information content (AvgIpc) is 3.01. The van der Waals surface area contributed by atoms with Crippen LogP contribution in [-0.2, 0) is 0 Å². The molecule has 0 spiro atoms. The average molecular weight is 368 g/mol. The Balaban J connectivity index is 1.90. The molecule has 5 nitrogen and oxygen atoms in total. The zero-order valence-electron chi connectivity index (χ0n) is 15.1. The molecule has 6 heteroatoms. The first-order valence-electron chi connectivity index (χ1n) is 8.09. The maximum Gasteiger partial charge on any atom is 0.257 e. The summed E-state index contributed by atoms with van der Waals surface area (Å²) in [5, 5.41) is 3.42. The van der Waals surface area contributed by atoms with Crippen LogP contribution in [0.15, 0.2) is 42.5 Å². The van der Waals surface area contributed by atoms with Gasteiger partial charge in [0.2, 0.25) is 0 Å². The number of carbonyl (C=O) groups excluding carboxylic acids is 1. The lowest BCUT2D eigenvalue weighted by Gasteiger charge is -2.09. The van der Waals surface area contributed by atoms with E-state index in [1.165, 1.54) is 11.3 Å². The predicted molar refractivity (Wildman–Crippen MR) is 105 cm³/mol. The molecule has 1 aromatic heterocycles. The molecule has 0 unspecified atom stereocenters. The minimum absolute atomic E-state index is 0.178. The molecule has 0 aliphatic carbocycles. The van der Waals surface area contributed by atoms with Gasteiger partial charge >= 0.3 is 0 Å². The van der Waals surface area contributed by atoms with Crippen molar-refractivity contribution in [1.82, 2.24) is 4.98 Å². The minimum atomic E-state index is -0.178. The molecule has 26 heavy (non-hydrogen) atoms. The zero-order chi connectivity index (χ0) is 18.7. The molecule has 0 saturated heterocycles. The Morgan fingerprint density at radius 3 is 2.42 bits per heavy atom. The van der Waals surface area contributed by atoms with E-state index in [-0.39, 0.29) is 5.91 Å². The van der Waals surface area contributed by atoms with Gasteiger partial charge in [-0.3, -0.25) is 10.1 Å². The first-order chi connectivity index (χ1) is 12.5. The smallest absolute Gasteiger partial charge is 0.257 e. The number of hydrogen-bond donors (Lipinski definition) is 1. The Morgan fingerprint density at radius 1 is 1.04 bits per heavy atom. The summed E-state index contributed by atoms with van der Waals surface area (Å²) in [5.74, 6) is 1.25. The number of rotatable bonds is 5. The van der Waals surface area contributed by atoms with Crippen molar-refractivity contribution in [2.45, 2.75) is 13.8 Å². The monoisotopic (exact) mass is 368 g/mol. The van der Waals surface area contributed by atoms with Gasteiger partial charge in [0.25, 0.3) is 5.91 Å². The van der Waals surface area contributed by atoms with Gasteiger partial charge in [0, 0.05) is 16.0 Å². The van der Waals surface area contributed by atoms with E-state index < -0.39 is 0 Å². The SMILES string of the molecule is COc1ccc(OC)c(-c2nc(NC(=O)c3ccc(C)cc3)sc2C)c1. The van der Waals surface area contributed by atoms with Crippen molar-refractivity contribution in [3.8, 4) is 22.8 Å². The molecule has 0 saturated carbocycles. The highest BCUT2D eigenvalue weighted by molar-refractivity contribution is 7.16. The number of aromatic nitrogens is 1. The number of nitrogens with zero attached hydrogens (tertiary/aromatic N) is 1. The first-order valence-corrected chi connectivity index (χ1v) is 8.91. The van der Waals surface area contributed by atoms with E-state index in [4.69, 9.17) is 9.47 Å². The summed E-state index contributed by atoms with van der Waals surface area (Å²) in [6, 6.07) is 13.0. The van der Waals surface area contributed by atoms with E-state index in [0.29, 0.717) is 16.4 Å². The van der Waals surface area contributed by atoms with Crippen molar-refractivity contribution in [3.05, 3.63) is 58.5 Å². The van der Waals surface area contributed by atoms with E-state index in [2.05, 4.69) is 10.3 Å². The predicted octanol–water partition coefficient (Wildman–Crippen LogP) is 4.70. The van der Waals surface area contributed by atoms with Gasteiger partial charge < -0.3 is 9.47 Å². The number of benzene rings is 2. The normalized spacial score (nSPS) is 10.5. The van der Waals surface area contributed by atoms with Crippen LogP contribution in [0, 0.1) is 13.8 Å². The topological polar surface area (TPSA) is 60.5 Å². The van der Waals surface area contributed by atoms with Crippen LogP contribution in [0.1, 0.15) is 20.8 Å². The maximum absolute atomic E-state index is 12.4. The van der Waals surface area contributed by atoms with Crippen molar-refractivity contribution in [3.63, 3.8) is 0 Å². The van der Waals surface area contributed by atoms with Crippen LogP contribution in [0.5, 0.6) is 11.5 Å². The summed E-state index contributed by atoms with van der Waals surface area (Å²) in [6.45, 7) is 3.95. The van der Waals surface area contributed by atoms with Crippen molar-refractivity contribution < 1.29 is 14.3 Å². The molecule has 1 amide bonds. The lowest BCUT2D eigenvalue weighted by Crippen LogP contribution is -2.11. The molecule has 2 aromatic carbocycles. The summed E-state index contributed by atoms with van der Waals surface area (Å²) in [4.78, 5) is 18.0. The Hall–Kier alpha value is -2.86. The lowest BCUT2D eigenvalue weighted by molar-refractivity contribution is 0.102. The van der Waals surface area contributed by atoms with E-state index >= 15 is 0 Å². The van der Waals surface area contributed by atoms with Crippen LogP contribution >= 0.6 is 11.3 Å². The second-order valence-electron chi connectivity index (χ2n) is 5.81. The van der Waals surface area contributed by atoms with Gasteiger partial charge in [-0.25, -0.2) is 4.98 Å². The standard InChI is InChI=1S/C20H20N2O3S/c1-12-5-7-14(8-6-12)19(23)22-20-21-18(13(2)26-20)16-11-15(24-3)9-10-17(16)25-4/h5-11H,1-4H3,(H,21,22,23). The highest BCUT2D eigenvalue weighted by atomic mass is 32.1. The lowest BCUT2D eigenvalue weighted by atomic mass is 10.1. The van der Waals surface area contributed by atoms with Crippen LogP contribution in [0.3, 0.4) is 0 Å². The molecular weight excluding hydrogens is 348 g/mol. The van der Waals surface area contributed by atoms with Crippen molar-refractivity contribution in [1.29, 1.82) is 0 Å². The highest BCUT2D eigenvalue weighted by Gasteiger charge is 2.17. The molecular formula is C20H20N2O3S. The quantitative estimate of drug-likeness (QED) is 0.709. The van der Waals surface area contributed by atoms with Crippen molar-refractivity contribution in [2.24, 2.45) is 0 Å². The number of ether oxygens (including phenoxy) is 2. The molecule has 0 bridgehead atoms. The van der Waals surface area contributed by atoms with Gasteiger partial charge in [-0.1, -0.05) is 17.7 Å². The molecule has 0 aliphatic rings. The fraction of sp³-hybridized carbons (Fsp3) is 0.200. The molecule has 0 aliphatic heterocycles. The molecule has 3 rings (SSSR count). The summed E-state index contributed by atoms with van der Waals surface area (Å²) in [7, 11) is 3.24. The first kappa shape index (κ1) is 17.9. The molecule has 134 valence electrons. The van der Waals surface area contributed by atoms with Crippen LogP contribution < -0.4 is 14.8 Å². The number of hydrogen-bond acceptors (Lipinski definition) is 5. The van der Waals surface area contributed by atoms with Crippen LogP contribution in [-0.4, -0.2) is 25.1 Å². The third kappa shape index (κ3) is 3.70. The maximum atomic E-state index is 12.4. The Morgan fingerprint density at radius 2 is 1.77 bits per heavy atom. The number of amides is 1. The number of methoxy groups -OCH3 is 2. The number of anilines is 1. The minimum Gasteiger partial charge on any atom is -0.497 e. The van der Waals surface area contributed by atoms with Gasteiger partial charge in [0.15, 0.2) is 5.13 Å². The van der Waals surface area contributed by atoms with E-state index in [1.54, 1.807) is 26.4 Å². The largest absolute Gasteiger partial charge is 0.497 e. The third-order valence-electron chi connectivity index (χ3n) is 3.99. The summed E-state index contributed by atoms with van der Waals surface area (Å²) >= 11 is 1.43. The van der Waals surface area contributed by atoms with Crippen LogP contribution in [0.2, 0.25) is 0 Å². The fourth-order valence-electron chi connectivity index (χ4n) is 2.57.